The van der Waals surface area contributed by atoms with Crippen LogP contribution in [0.15, 0.2) is 195 Å². The average molecular weight is 843 g/mol. The van der Waals surface area contributed by atoms with Gasteiger partial charge in [0.25, 0.3) is 0 Å². The Labute approximate surface area is 377 Å². The highest BCUT2D eigenvalue weighted by Gasteiger charge is 2.36. The topological polar surface area (TPSA) is 59.1 Å². The lowest BCUT2D eigenvalue weighted by molar-refractivity contribution is -0.129. The SMILES string of the molecule is C=CC(=O)Oc1ccc(-c2ccc(N(c3ccc(-c4ccc(OC(=O)C=C)cc4)cc3)c3ccc(C4(c5ccc(N(CC)Cc6ccc(C)cc6)cc5)CCCCC4)cc3)cc2)cc1. The maximum atomic E-state index is 11.7. The van der Waals surface area contributed by atoms with Gasteiger partial charge in [-0.3, -0.25) is 0 Å². The van der Waals surface area contributed by atoms with E-state index in [0.717, 1.165) is 77.4 Å². The van der Waals surface area contributed by atoms with E-state index in [1.807, 2.05) is 24.3 Å². The number of carbonyl (C=O) groups is 2. The van der Waals surface area contributed by atoms with Crippen molar-refractivity contribution in [3.63, 3.8) is 0 Å². The first-order valence-corrected chi connectivity index (χ1v) is 22.2. The summed E-state index contributed by atoms with van der Waals surface area (Å²) in [6, 6.07) is 59.6. The van der Waals surface area contributed by atoms with Crippen LogP contribution in [0.3, 0.4) is 0 Å². The zero-order valence-corrected chi connectivity index (χ0v) is 36.7. The summed E-state index contributed by atoms with van der Waals surface area (Å²) in [5, 5.41) is 0. The molecule has 1 saturated carbocycles. The van der Waals surface area contributed by atoms with Crippen LogP contribution in [0.1, 0.15) is 61.3 Å². The zero-order chi connectivity index (χ0) is 44.5. The number of ether oxygens (including phenoxy) is 2. The van der Waals surface area contributed by atoms with Crippen molar-refractivity contribution in [3.8, 4) is 33.8 Å². The highest BCUT2D eigenvalue weighted by atomic mass is 16.5. The molecule has 0 heterocycles. The van der Waals surface area contributed by atoms with Crippen LogP contribution in [-0.4, -0.2) is 18.5 Å². The van der Waals surface area contributed by atoms with Gasteiger partial charge in [0.2, 0.25) is 0 Å². The minimum Gasteiger partial charge on any atom is -0.423 e. The largest absolute Gasteiger partial charge is 0.423 e. The molecule has 7 aromatic carbocycles. The third kappa shape index (κ3) is 9.77. The van der Waals surface area contributed by atoms with Crippen LogP contribution in [0.2, 0.25) is 0 Å². The number of hydrogen-bond donors (Lipinski definition) is 0. The van der Waals surface area contributed by atoms with E-state index in [1.54, 1.807) is 24.3 Å². The Morgan fingerprint density at radius 3 is 1.28 bits per heavy atom. The Kier molecular flexibility index (Phi) is 13.3. The number of anilines is 4. The van der Waals surface area contributed by atoms with Crippen molar-refractivity contribution in [1.29, 1.82) is 0 Å². The van der Waals surface area contributed by atoms with Gasteiger partial charge in [-0.25, -0.2) is 9.59 Å². The molecule has 1 aliphatic carbocycles. The number of aryl methyl sites for hydroxylation is 1. The maximum absolute atomic E-state index is 11.7. The molecule has 0 N–H and O–H groups in total. The quantitative estimate of drug-likeness (QED) is 0.0582. The second-order valence-corrected chi connectivity index (χ2v) is 16.5. The maximum Gasteiger partial charge on any atom is 0.335 e. The lowest BCUT2D eigenvalue weighted by atomic mass is 9.65. The number of carbonyl (C=O) groups excluding carboxylic acids is 2. The smallest absolute Gasteiger partial charge is 0.335 e. The van der Waals surface area contributed by atoms with Gasteiger partial charge in [0.15, 0.2) is 0 Å². The van der Waals surface area contributed by atoms with Crippen molar-refractivity contribution in [3.05, 3.63) is 217 Å². The molecular formula is C58H54N2O4. The van der Waals surface area contributed by atoms with Gasteiger partial charge in [-0.1, -0.05) is 135 Å². The van der Waals surface area contributed by atoms with E-state index in [1.165, 1.54) is 47.2 Å². The standard InChI is InChI=1S/C58H54N2O4/c1-5-56(61)63-54-35-19-46(20-36-54)44-15-27-51(28-16-44)60(52-29-17-45(18-30-52)47-21-37-55(38-22-47)64-57(62)6-2)53-33-25-49(26-34-53)58(39-9-8-10-40-58)48-23-31-50(32-24-48)59(7-3)41-43-13-11-42(4)12-14-43/h5-6,11-38H,1-2,7-10,39-41H2,3-4H3. The number of esters is 2. The van der Waals surface area contributed by atoms with Gasteiger partial charge in [-0.2, -0.15) is 0 Å². The molecule has 0 spiro atoms. The number of hydrogen-bond acceptors (Lipinski definition) is 6. The van der Waals surface area contributed by atoms with Gasteiger partial charge < -0.3 is 19.3 Å². The molecule has 0 aliphatic heterocycles. The normalized spacial score (nSPS) is 13.0. The van der Waals surface area contributed by atoms with E-state index >= 15 is 0 Å². The molecule has 0 saturated heterocycles. The first-order valence-electron chi connectivity index (χ1n) is 22.2. The van der Waals surface area contributed by atoms with E-state index in [2.05, 4.69) is 158 Å². The molecule has 1 aliphatic rings. The van der Waals surface area contributed by atoms with Gasteiger partial charge in [0.1, 0.15) is 11.5 Å². The van der Waals surface area contributed by atoms with E-state index < -0.39 is 11.9 Å². The molecule has 6 nitrogen and oxygen atoms in total. The molecule has 1 fully saturated rings. The molecule has 0 radical (unpaired) electrons. The van der Waals surface area contributed by atoms with Gasteiger partial charge in [0, 0.05) is 53.4 Å². The molecule has 6 heteroatoms. The zero-order valence-electron chi connectivity index (χ0n) is 36.7. The van der Waals surface area contributed by atoms with Crippen LogP contribution in [0.4, 0.5) is 22.7 Å². The van der Waals surface area contributed by atoms with Crippen molar-refractivity contribution in [2.24, 2.45) is 0 Å². The first kappa shape index (κ1) is 43.2. The van der Waals surface area contributed by atoms with Crippen LogP contribution in [0.5, 0.6) is 11.5 Å². The molecule has 0 atom stereocenters. The second-order valence-electron chi connectivity index (χ2n) is 16.5. The van der Waals surface area contributed by atoms with E-state index in [9.17, 15) is 9.59 Å². The van der Waals surface area contributed by atoms with Crippen LogP contribution in [-0.2, 0) is 21.5 Å². The minimum absolute atomic E-state index is 0.0590. The third-order valence-corrected chi connectivity index (χ3v) is 12.4. The van der Waals surface area contributed by atoms with E-state index in [4.69, 9.17) is 9.47 Å². The number of rotatable bonds is 15. The summed E-state index contributed by atoms with van der Waals surface area (Å²) in [5.74, 6) is -0.0308. The first-order chi connectivity index (χ1) is 31.2. The summed E-state index contributed by atoms with van der Waals surface area (Å²) >= 11 is 0. The fraction of sp³-hybridized carbons (Fsp3) is 0.172. The van der Waals surface area contributed by atoms with Crippen molar-refractivity contribution in [1.82, 2.24) is 0 Å². The third-order valence-electron chi connectivity index (χ3n) is 12.4. The fourth-order valence-electron chi connectivity index (χ4n) is 8.92. The predicted octanol–water partition coefficient (Wildman–Crippen LogP) is 14.3. The van der Waals surface area contributed by atoms with Gasteiger partial charge in [0.05, 0.1) is 0 Å². The average Bonchev–Trinajstić information content (AvgIpc) is 3.35. The molecule has 8 rings (SSSR count). The Bertz CT molecular complexity index is 2570. The molecule has 7 aromatic rings. The van der Waals surface area contributed by atoms with Crippen LogP contribution in [0, 0.1) is 6.92 Å². The predicted molar refractivity (Wildman–Crippen MR) is 262 cm³/mol. The van der Waals surface area contributed by atoms with Crippen molar-refractivity contribution >= 4 is 34.7 Å². The molecule has 64 heavy (non-hydrogen) atoms. The monoisotopic (exact) mass is 842 g/mol. The summed E-state index contributed by atoms with van der Waals surface area (Å²) in [4.78, 5) is 28.2. The highest BCUT2D eigenvalue weighted by Crippen LogP contribution is 2.46. The van der Waals surface area contributed by atoms with E-state index in [-0.39, 0.29) is 5.41 Å². The second kappa shape index (κ2) is 19.7. The number of nitrogens with zero attached hydrogens (tertiary/aromatic N) is 2. The Morgan fingerprint density at radius 2 is 0.891 bits per heavy atom. The van der Waals surface area contributed by atoms with Crippen LogP contribution >= 0.6 is 0 Å². The van der Waals surface area contributed by atoms with Crippen molar-refractivity contribution in [2.75, 3.05) is 16.3 Å². The molecule has 0 unspecified atom stereocenters. The molecular weight excluding hydrogens is 789 g/mol. The van der Waals surface area contributed by atoms with Crippen molar-refractivity contribution < 1.29 is 19.1 Å². The van der Waals surface area contributed by atoms with Crippen LogP contribution < -0.4 is 19.3 Å². The Hall–Kier alpha value is -7.44. The summed E-state index contributed by atoms with van der Waals surface area (Å²) in [6.45, 7) is 13.2. The van der Waals surface area contributed by atoms with E-state index in [0.29, 0.717) is 11.5 Å². The summed E-state index contributed by atoms with van der Waals surface area (Å²) < 4.78 is 10.6. The molecule has 320 valence electrons. The Balaban J connectivity index is 1.10. The summed E-state index contributed by atoms with van der Waals surface area (Å²) in [7, 11) is 0. The summed E-state index contributed by atoms with van der Waals surface area (Å²) in [6.07, 6.45) is 8.22. The van der Waals surface area contributed by atoms with Gasteiger partial charge >= 0.3 is 11.9 Å². The van der Waals surface area contributed by atoms with Gasteiger partial charge in [-0.15, -0.1) is 0 Å². The molecule has 0 bridgehead atoms. The minimum atomic E-state index is -0.487. The van der Waals surface area contributed by atoms with Crippen LogP contribution in [0.25, 0.3) is 22.3 Å². The Morgan fingerprint density at radius 1 is 0.516 bits per heavy atom. The highest BCUT2D eigenvalue weighted by molar-refractivity contribution is 5.84. The molecule has 0 aromatic heterocycles. The lowest BCUT2D eigenvalue weighted by Crippen LogP contribution is -2.30. The molecule has 0 amide bonds. The fourth-order valence-corrected chi connectivity index (χ4v) is 8.92. The number of benzene rings is 7. The van der Waals surface area contributed by atoms with Gasteiger partial charge in [-0.05, 0) is 138 Å². The lowest BCUT2D eigenvalue weighted by Gasteiger charge is -2.39. The summed E-state index contributed by atoms with van der Waals surface area (Å²) in [5.41, 5.74) is 13.7. The van der Waals surface area contributed by atoms with Crippen molar-refractivity contribution in [2.45, 2.75) is 57.9 Å².